The molecule has 0 aliphatic rings. The van der Waals surface area contributed by atoms with Gasteiger partial charge in [-0.15, -0.1) is 11.3 Å². The van der Waals surface area contributed by atoms with Crippen LogP contribution in [0.3, 0.4) is 0 Å². The van der Waals surface area contributed by atoms with Gasteiger partial charge in [0, 0.05) is 64.5 Å². The molecule has 10 heteroatoms. The van der Waals surface area contributed by atoms with Gasteiger partial charge in [-0.25, -0.2) is 24.9 Å². The zero-order valence-electron chi connectivity index (χ0n) is 33.4. The number of hydrogen-bond donors (Lipinski definition) is 1. The maximum atomic E-state index is 4.82. The molecule has 0 fully saturated rings. The van der Waals surface area contributed by atoms with E-state index in [1.807, 2.05) is 115 Å². The van der Waals surface area contributed by atoms with Gasteiger partial charge in [0.1, 0.15) is 5.82 Å². The van der Waals surface area contributed by atoms with Gasteiger partial charge in [-0.3, -0.25) is 9.97 Å². The third kappa shape index (κ3) is 7.90. The summed E-state index contributed by atoms with van der Waals surface area (Å²) >= 11 is 1.68. The summed E-state index contributed by atoms with van der Waals surface area (Å²) in [6, 6.07) is 61.1. The number of imidazole rings is 1. The monoisotopic (exact) mass is 1010 g/mol. The Morgan fingerprint density at radius 1 is 0.349 bits per heavy atom. The summed E-state index contributed by atoms with van der Waals surface area (Å²) < 4.78 is 0. The minimum absolute atomic E-state index is 0. The number of aromatic amines is 1. The number of thiophene rings is 1. The first-order valence-electron chi connectivity index (χ1n) is 20.2. The smallest absolute Gasteiger partial charge is 0.148 e. The topological polar surface area (TPSA) is 106 Å². The summed E-state index contributed by atoms with van der Waals surface area (Å²) in [7, 11) is 0. The molecule has 13 rings (SSSR count). The van der Waals surface area contributed by atoms with E-state index in [2.05, 4.69) is 107 Å². The normalized spacial score (nSPS) is 11.0. The fourth-order valence-electron chi connectivity index (χ4n) is 7.71. The third-order valence-corrected chi connectivity index (χ3v) is 11.6. The van der Waals surface area contributed by atoms with Crippen LogP contribution in [0.5, 0.6) is 0 Å². The van der Waals surface area contributed by atoms with Crippen LogP contribution in [-0.2, 0) is 19.8 Å². The molecule has 8 nitrogen and oxygen atoms in total. The van der Waals surface area contributed by atoms with Crippen LogP contribution in [0, 0.1) is 0 Å². The van der Waals surface area contributed by atoms with Gasteiger partial charge >= 0.3 is 0 Å². The number of H-pyrrole nitrogens is 1. The number of fused-ring (bicyclic) bond motifs is 10. The molecule has 0 saturated heterocycles. The van der Waals surface area contributed by atoms with Gasteiger partial charge in [-0.2, -0.15) is 0 Å². The Labute approximate surface area is 378 Å². The van der Waals surface area contributed by atoms with Crippen molar-refractivity contribution in [1.82, 2.24) is 39.9 Å². The molecule has 8 aromatic heterocycles. The summed E-state index contributed by atoms with van der Waals surface area (Å²) in [6.07, 6.45) is 3.61. The SMILES string of the molecule is [Os].c1ccc2nc(-c3ccc4ccccc4n3)ccc2c1.c1ccc2nc(-c3ccc4ccccc4n3)ccc2c1.c1csc(-c2nc3c4cccnc4c4ncccc4c3[nH]2)c1. The van der Waals surface area contributed by atoms with Crippen LogP contribution in [-0.4, -0.2) is 39.9 Å². The average Bonchev–Trinajstić information content (AvgIpc) is 4.06. The first-order valence-corrected chi connectivity index (χ1v) is 21.1. The molecule has 0 aliphatic heterocycles. The first kappa shape index (κ1) is 39.5. The van der Waals surface area contributed by atoms with Gasteiger partial charge in [0.25, 0.3) is 0 Å². The van der Waals surface area contributed by atoms with Crippen LogP contribution in [0.15, 0.2) is 200 Å². The Morgan fingerprint density at radius 3 is 1.19 bits per heavy atom. The van der Waals surface area contributed by atoms with Crippen LogP contribution in [0.1, 0.15) is 0 Å². The molecule has 0 saturated carbocycles. The molecule has 0 atom stereocenters. The van der Waals surface area contributed by atoms with Crippen molar-refractivity contribution in [2.75, 3.05) is 0 Å². The van der Waals surface area contributed by atoms with Gasteiger partial charge in [-0.1, -0.05) is 103 Å². The first-order chi connectivity index (χ1) is 30.7. The molecule has 63 heavy (non-hydrogen) atoms. The van der Waals surface area contributed by atoms with Gasteiger partial charge in [0.05, 0.1) is 71.8 Å². The van der Waals surface area contributed by atoms with Crippen molar-refractivity contribution in [2.24, 2.45) is 0 Å². The van der Waals surface area contributed by atoms with E-state index < -0.39 is 0 Å². The zero-order chi connectivity index (χ0) is 41.2. The molecular formula is C53H34N8OsS. The molecule has 0 radical (unpaired) electrons. The van der Waals surface area contributed by atoms with Crippen molar-refractivity contribution < 1.29 is 19.8 Å². The third-order valence-electron chi connectivity index (χ3n) is 10.7. The molecule has 8 heterocycles. The van der Waals surface area contributed by atoms with Crippen LogP contribution in [0.25, 0.3) is 110 Å². The standard InChI is InChI=1S/2C18H12N2.C17H10N4S.Os/c2*1-3-7-15-13(5-1)9-11-17(19-15)18-12-10-14-6-2-4-8-16(14)20-18;1-4-10-13(18-7-1)14-11(5-2-8-19-14)16-15(10)20-17(21-16)12-6-3-9-22-12;/h2*1-12H;1-9H,(H,20,21);. The maximum absolute atomic E-state index is 4.82. The molecule has 0 bridgehead atoms. The number of para-hydroxylation sites is 4. The van der Waals surface area contributed by atoms with E-state index >= 15 is 0 Å². The second kappa shape index (κ2) is 17.4. The van der Waals surface area contributed by atoms with E-state index in [9.17, 15) is 0 Å². The summed E-state index contributed by atoms with van der Waals surface area (Å²) in [5.74, 6) is 0.895. The van der Waals surface area contributed by atoms with Crippen molar-refractivity contribution in [2.45, 2.75) is 0 Å². The number of nitrogens with one attached hydrogen (secondary N) is 1. The fraction of sp³-hybridized carbons (Fsp3) is 0. The Hall–Kier alpha value is -7.63. The molecule has 0 spiro atoms. The summed E-state index contributed by atoms with van der Waals surface area (Å²) in [6.45, 7) is 0. The predicted octanol–water partition coefficient (Wildman–Crippen LogP) is 13.3. The van der Waals surface area contributed by atoms with Crippen molar-refractivity contribution in [1.29, 1.82) is 0 Å². The minimum atomic E-state index is 0. The Morgan fingerprint density at radius 2 is 0.762 bits per heavy atom. The van der Waals surface area contributed by atoms with Gasteiger partial charge in [0.2, 0.25) is 0 Å². The van der Waals surface area contributed by atoms with Crippen molar-refractivity contribution in [3.05, 3.63) is 200 Å². The Balaban J connectivity index is 0.000000112. The van der Waals surface area contributed by atoms with Crippen LogP contribution in [0.4, 0.5) is 0 Å². The molecule has 0 unspecified atom stereocenters. The Kier molecular flexibility index (Phi) is 10.9. The quantitative estimate of drug-likeness (QED) is 0.176. The van der Waals surface area contributed by atoms with E-state index in [4.69, 9.17) is 4.98 Å². The zero-order valence-corrected chi connectivity index (χ0v) is 36.8. The number of benzene rings is 5. The average molecular weight is 1010 g/mol. The fourth-order valence-corrected chi connectivity index (χ4v) is 8.38. The van der Waals surface area contributed by atoms with E-state index in [0.29, 0.717) is 0 Å². The molecule has 300 valence electrons. The van der Waals surface area contributed by atoms with Crippen LogP contribution >= 0.6 is 11.3 Å². The maximum Gasteiger partial charge on any atom is 0.148 e. The van der Waals surface area contributed by atoms with Gasteiger partial charge < -0.3 is 4.98 Å². The predicted molar refractivity (Wildman–Crippen MR) is 255 cm³/mol. The van der Waals surface area contributed by atoms with Crippen LogP contribution in [0.2, 0.25) is 0 Å². The molecule has 13 aromatic rings. The Bertz CT molecular complexity index is 3360. The summed E-state index contributed by atoms with van der Waals surface area (Å²) in [4.78, 5) is 37.2. The van der Waals surface area contributed by atoms with Crippen molar-refractivity contribution in [3.63, 3.8) is 0 Å². The van der Waals surface area contributed by atoms with E-state index in [1.54, 1.807) is 23.7 Å². The second-order valence-corrected chi connectivity index (χ2v) is 15.6. The van der Waals surface area contributed by atoms with Gasteiger partial charge in [0.15, 0.2) is 0 Å². The number of aromatic nitrogens is 8. The molecule has 0 amide bonds. The van der Waals surface area contributed by atoms with E-state index in [0.717, 1.165) is 110 Å². The molecule has 5 aromatic carbocycles. The molecular weight excluding hydrogens is 971 g/mol. The second-order valence-electron chi connectivity index (χ2n) is 14.6. The molecule has 0 aliphatic carbocycles. The van der Waals surface area contributed by atoms with Crippen LogP contribution < -0.4 is 0 Å². The van der Waals surface area contributed by atoms with Crippen molar-refractivity contribution >= 4 is 87.8 Å². The number of nitrogens with zero attached hydrogens (tertiary/aromatic N) is 7. The summed E-state index contributed by atoms with van der Waals surface area (Å²) in [5.41, 5.74) is 11.4. The number of pyridine rings is 6. The summed E-state index contributed by atoms with van der Waals surface area (Å²) in [5, 5.41) is 8.74. The van der Waals surface area contributed by atoms with E-state index in [1.165, 1.54) is 0 Å². The van der Waals surface area contributed by atoms with E-state index in [-0.39, 0.29) is 19.8 Å². The minimum Gasteiger partial charge on any atom is -0.337 e. The molecule has 1 N–H and O–H groups in total. The number of rotatable bonds is 3. The van der Waals surface area contributed by atoms with Gasteiger partial charge in [-0.05, 0) is 84.2 Å². The number of hydrogen-bond acceptors (Lipinski definition) is 8. The van der Waals surface area contributed by atoms with Crippen molar-refractivity contribution in [3.8, 4) is 33.5 Å². The largest absolute Gasteiger partial charge is 0.337 e.